The summed E-state index contributed by atoms with van der Waals surface area (Å²) in [6.07, 6.45) is -2.78. The van der Waals surface area contributed by atoms with E-state index in [1.807, 2.05) is 13.0 Å². The number of aromatic nitrogens is 5. The minimum absolute atomic E-state index is 0.312. The van der Waals surface area contributed by atoms with Gasteiger partial charge < -0.3 is 5.32 Å². The van der Waals surface area contributed by atoms with E-state index in [0.717, 1.165) is 17.6 Å². The van der Waals surface area contributed by atoms with Crippen LogP contribution in [0.2, 0.25) is 0 Å². The molecule has 3 aromatic rings. The predicted octanol–water partition coefficient (Wildman–Crippen LogP) is 2.67. The van der Waals surface area contributed by atoms with Crippen LogP contribution in [0.1, 0.15) is 17.1 Å². The lowest BCUT2D eigenvalue weighted by Crippen LogP contribution is -2.16. The van der Waals surface area contributed by atoms with Crippen molar-refractivity contribution in [1.82, 2.24) is 24.4 Å². The van der Waals surface area contributed by atoms with Gasteiger partial charge in [0.05, 0.1) is 12.7 Å². The molecule has 0 saturated carbocycles. The molecule has 0 spiro atoms. The molecule has 9 heteroatoms. The van der Waals surface area contributed by atoms with Gasteiger partial charge in [-0.1, -0.05) is 0 Å². The second kappa shape index (κ2) is 5.56. The summed E-state index contributed by atoms with van der Waals surface area (Å²) in [5.74, 6) is 0.735. The maximum atomic E-state index is 12.6. The summed E-state index contributed by atoms with van der Waals surface area (Å²) in [6, 6.07) is 4.66. The van der Waals surface area contributed by atoms with Gasteiger partial charge in [0, 0.05) is 30.1 Å². The second-order valence-electron chi connectivity index (χ2n) is 5.20. The monoisotopic (exact) mass is 324 g/mol. The van der Waals surface area contributed by atoms with Crippen LogP contribution >= 0.6 is 0 Å². The molecule has 23 heavy (non-hydrogen) atoms. The third kappa shape index (κ3) is 3.13. The number of fused-ring (bicyclic) bond motifs is 1. The summed E-state index contributed by atoms with van der Waals surface area (Å²) < 4.78 is 40.9. The standard InChI is InChI=1S/C14H15F3N6/c1-9-7-13(23-12(20-9)3-4-19-23)18-5-6-22-10(2)8-11(21-22)14(15,16)17/h3-4,7-8,18H,5-6H2,1-2H3. The van der Waals surface area contributed by atoms with Crippen molar-refractivity contribution in [3.05, 3.63) is 41.5 Å². The van der Waals surface area contributed by atoms with Crippen LogP contribution in [-0.4, -0.2) is 30.9 Å². The van der Waals surface area contributed by atoms with Crippen molar-refractivity contribution in [2.24, 2.45) is 0 Å². The number of anilines is 1. The fourth-order valence-corrected chi connectivity index (χ4v) is 2.33. The van der Waals surface area contributed by atoms with E-state index in [2.05, 4.69) is 20.5 Å². The lowest BCUT2D eigenvalue weighted by molar-refractivity contribution is -0.141. The lowest BCUT2D eigenvalue weighted by Gasteiger charge is -2.10. The van der Waals surface area contributed by atoms with Crippen LogP contribution in [-0.2, 0) is 12.7 Å². The molecule has 6 nitrogen and oxygen atoms in total. The Labute approximate surface area is 129 Å². The molecule has 0 aliphatic rings. The highest BCUT2D eigenvalue weighted by molar-refractivity contribution is 5.48. The van der Waals surface area contributed by atoms with Gasteiger partial charge in [-0.2, -0.15) is 27.9 Å². The number of aryl methyl sites for hydroxylation is 2. The Hall–Kier alpha value is -2.58. The molecule has 0 aliphatic carbocycles. The van der Waals surface area contributed by atoms with Gasteiger partial charge in [0.15, 0.2) is 11.3 Å². The first kappa shape index (κ1) is 15.3. The highest BCUT2D eigenvalue weighted by Gasteiger charge is 2.34. The van der Waals surface area contributed by atoms with Crippen LogP contribution in [0.15, 0.2) is 24.4 Å². The minimum Gasteiger partial charge on any atom is -0.368 e. The smallest absolute Gasteiger partial charge is 0.368 e. The Morgan fingerprint density at radius 2 is 2.00 bits per heavy atom. The van der Waals surface area contributed by atoms with E-state index in [4.69, 9.17) is 0 Å². The second-order valence-corrected chi connectivity index (χ2v) is 5.20. The lowest BCUT2D eigenvalue weighted by atomic mass is 10.3. The molecule has 0 radical (unpaired) electrons. The molecule has 0 aliphatic heterocycles. The molecule has 122 valence electrons. The predicted molar refractivity (Wildman–Crippen MR) is 78.2 cm³/mol. The third-order valence-electron chi connectivity index (χ3n) is 3.39. The van der Waals surface area contributed by atoms with Gasteiger partial charge in [0.2, 0.25) is 0 Å². The first-order valence-electron chi connectivity index (χ1n) is 7.01. The number of halogens is 3. The van der Waals surface area contributed by atoms with Crippen LogP contribution in [0.25, 0.3) is 5.65 Å². The van der Waals surface area contributed by atoms with Crippen molar-refractivity contribution in [2.75, 3.05) is 11.9 Å². The van der Waals surface area contributed by atoms with Gasteiger partial charge in [0.1, 0.15) is 5.82 Å². The number of nitrogens with zero attached hydrogens (tertiary/aromatic N) is 5. The van der Waals surface area contributed by atoms with E-state index in [1.54, 1.807) is 23.7 Å². The first-order chi connectivity index (χ1) is 10.8. The molecule has 3 rings (SSSR count). The molecule has 0 atom stereocenters. The molecule has 0 aromatic carbocycles. The maximum absolute atomic E-state index is 12.6. The average molecular weight is 324 g/mol. The normalized spacial score (nSPS) is 12.0. The van der Waals surface area contributed by atoms with Crippen LogP contribution in [0.3, 0.4) is 0 Å². The largest absolute Gasteiger partial charge is 0.435 e. The van der Waals surface area contributed by atoms with Gasteiger partial charge in [-0.05, 0) is 19.9 Å². The van der Waals surface area contributed by atoms with Crippen LogP contribution in [0.5, 0.6) is 0 Å². The van der Waals surface area contributed by atoms with Crippen molar-refractivity contribution in [3.8, 4) is 0 Å². The Balaban J connectivity index is 1.72. The van der Waals surface area contributed by atoms with E-state index in [0.29, 0.717) is 24.4 Å². The Bertz CT molecular complexity index is 833. The number of rotatable bonds is 4. The van der Waals surface area contributed by atoms with Crippen molar-refractivity contribution in [1.29, 1.82) is 0 Å². The summed E-state index contributed by atoms with van der Waals surface area (Å²) in [7, 11) is 0. The topological polar surface area (TPSA) is 60.0 Å². The summed E-state index contributed by atoms with van der Waals surface area (Å²) >= 11 is 0. The maximum Gasteiger partial charge on any atom is 0.435 e. The molecular weight excluding hydrogens is 309 g/mol. The zero-order valence-electron chi connectivity index (χ0n) is 12.6. The van der Waals surface area contributed by atoms with Crippen molar-refractivity contribution >= 4 is 11.5 Å². The highest BCUT2D eigenvalue weighted by atomic mass is 19.4. The van der Waals surface area contributed by atoms with Gasteiger partial charge in [-0.25, -0.2) is 4.98 Å². The molecule has 0 bridgehead atoms. The molecule has 0 saturated heterocycles. The van der Waals surface area contributed by atoms with Crippen molar-refractivity contribution in [2.45, 2.75) is 26.6 Å². The molecule has 0 amide bonds. The molecule has 0 unspecified atom stereocenters. The zero-order chi connectivity index (χ0) is 16.6. The van der Waals surface area contributed by atoms with Gasteiger partial charge in [-0.3, -0.25) is 4.68 Å². The van der Waals surface area contributed by atoms with Crippen LogP contribution < -0.4 is 5.32 Å². The number of nitrogens with one attached hydrogen (secondary N) is 1. The number of hydrogen-bond acceptors (Lipinski definition) is 4. The van der Waals surface area contributed by atoms with E-state index in [1.165, 1.54) is 4.68 Å². The van der Waals surface area contributed by atoms with Gasteiger partial charge in [-0.15, -0.1) is 0 Å². The first-order valence-corrected chi connectivity index (χ1v) is 7.01. The quantitative estimate of drug-likeness (QED) is 0.801. The summed E-state index contributed by atoms with van der Waals surface area (Å²) in [6.45, 7) is 4.19. The van der Waals surface area contributed by atoms with Gasteiger partial charge in [0.25, 0.3) is 0 Å². The molecule has 1 N–H and O–H groups in total. The molecule has 3 heterocycles. The van der Waals surface area contributed by atoms with Crippen LogP contribution in [0, 0.1) is 13.8 Å². The molecular formula is C14H15F3N6. The minimum atomic E-state index is -4.42. The fourth-order valence-electron chi connectivity index (χ4n) is 2.33. The summed E-state index contributed by atoms with van der Waals surface area (Å²) in [5.41, 5.74) is 1.13. The zero-order valence-corrected chi connectivity index (χ0v) is 12.6. The van der Waals surface area contributed by atoms with Crippen LogP contribution in [0.4, 0.5) is 19.0 Å². The van der Waals surface area contributed by atoms with E-state index >= 15 is 0 Å². The third-order valence-corrected chi connectivity index (χ3v) is 3.39. The fraction of sp³-hybridized carbons (Fsp3) is 0.357. The summed E-state index contributed by atoms with van der Waals surface area (Å²) in [5, 5.41) is 10.9. The Morgan fingerprint density at radius 1 is 1.22 bits per heavy atom. The van der Waals surface area contributed by atoms with E-state index < -0.39 is 11.9 Å². The van der Waals surface area contributed by atoms with Gasteiger partial charge >= 0.3 is 6.18 Å². The van der Waals surface area contributed by atoms with E-state index in [-0.39, 0.29) is 0 Å². The Morgan fingerprint density at radius 3 is 2.70 bits per heavy atom. The highest BCUT2D eigenvalue weighted by Crippen LogP contribution is 2.28. The Kier molecular flexibility index (Phi) is 3.70. The molecule has 0 fully saturated rings. The number of hydrogen-bond donors (Lipinski definition) is 1. The summed E-state index contributed by atoms with van der Waals surface area (Å²) in [4.78, 5) is 4.32. The van der Waals surface area contributed by atoms with E-state index in [9.17, 15) is 13.2 Å². The number of alkyl halides is 3. The molecule has 3 aromatic heterocycles. The van der Waals surface area contributed by atoms with Crippen molar-refractivity contribution in [3.63, 3.8) is 0 Å². The average Bonchev–Trinajstić information content (AvgIpc) is 3.05. The van der Waals surface area contributed by atoms with Crippen molar-refractivity contribution < 1.29 is 13.2 Å². The SMILES string of the molecule is Cc1cc(NCCn2nc(C(F)(F)F)cc2C)n2nccc2n1.